The van der Waals surface area contributed by atoms with Gasteiger partial charge in [0, 0.05) is 11.9 Å². The molecule has 1 N–H and O–H groups in total. The van der Waals surface area contributed by atoms with Crippen molar-refractivity contribution in [1.29, 1.82) is 0 Å². The molecule has 1 unspecified atom stereocenters. The van der Waals surface area contributed by atoms with Crippen LogP contribution in [0.1, 0.15) is 29.4 Å². The SMILES string of the molecule is CC(CBr)CCCNC(=O)c1sccc1Cl. The third-order valence-corrected chi connectivity index (χ3v) is 4.69. The molecule has 5 heteroatoms. The summed E-state index contributed by atoms with van der Waals surface area (Å²) in [6.07, 6.45) is 2.12. The summed E-state index contributed by atoms with van der Waals surface area (Å²) in [5, 5.41) is 6.25. The highest BCUT2D eigenvalue weighted by molar-refractivity contribution is 9.09. The van der Waals surface area contributed by atoms with Gasteiger partial charge in [0.05, 0.1) is 5.02 Å². The van der Waals surface area contributed by atoms with Crippen LogP contribution in [0.3, 0.4) is 0 Å². The molecular formula is C11H15BrClNOS. The summed E-state index contributed by atoms with van der Waals surface area (Å²) in [7, 11) is 0. The van der Waals surface area contributed by atoms with Crippen LogP contribution >= 0.6 is 38.9 Å². The van der Waals surface area contributed by atoms with Gasteiger partial charge in [0.1, 0.15) is 4.88 Å². The maximum absolute atomic E-state index is 11.6. The van der Waals surface area contributed by atoms with E-state index in [0.717, 1.165) is 18.2 Å². The fourth-order valence-electron chi connectivity index (χ4n) is 1.27. The van der Waals surface area contributed by atoms with E-state index in [2.05, 4.69) is 28.2 Å². The third-order valence-electron chi connectivity index (χ3n) is 2.25. The van der Waals surface area contributed by atoms with E-state index in [1.165, 1.54) is 11.3 Å². The molecule has 0 radical (unpaired) electrons. The van der Waals surface area contributed by atoms with E-state index in [4.69, 9.17) is 11.6 Å². The molecule has 0 spiro atoms. The minimum absolute atomic E-state index is 0.0634. The molecule has 0 saturated carbocycles. The molecule has 1 rings (SSSR count). The lowest BCUT2D eigenvalue weighted by Crippen LogP contribution is -2.24. The highest BCUT2D eigenvalue weighted by Crippen LogP contribution is 2.21. The van der Waals surface area contributed by atoms with Crippen LogP contribution < -0.4 is 5.32 Å². The maximum atomic E-state index is 11.6. The highest BCUT2D eigenvalue weighted by atomic mass is 79.9. The summed E-state index contributed by atoms with van der Waals surface area (Å²) in [4.78, 5) is 12.3. The number of hydrogen-bond acceptors (Lipinski definition) is 2. The second-order valence-electron chi connectivity index (χ2n) is 3.76. The Morgan fingerprint density at radius 3 is 3.00 bits per heavy atom. The minimum Gasteiger partial charge on any atom is -0.351 e. The largest absolute Gasteiger partial charge is 0.351 e. The first-order valence-electron chi connectivity index (χ1n) is 5.22. The average molecular weight is 325 g/mol. The van der Waals surface area contributed by atoms with Crippen molar-refractivity contribution in [3.63, 3.8) is 0 Å². The first-order chi connectivity index (χ1) is 7.65. The van der Waals surface area contributed by atoms with Gasteiger partial charge in [0.15, 0.2) is 0 Å². The second kappa shape index (κ2) is 7.30. The summed E-state index contributed by atoms with van der Waals surface area (Å²) in [5.41, 5.74) is 0. The predicted octanol–water partition coefficient (Wildman–Crippen LogP) is 3.94. The molecule has 90 valence electrons. The first-order valence-corrected chi connectivity index (χ1v) is 7.60. The van der Waals surface area contributed by atoms with Crippen LogP contribution in [0.4, 0.5) is 0 Å². The Bertz CT molecular complexity index is 342. The fraction of sp³-hybridized carbons (Fsp3) is 0.545. The van der Waals surface area contributed by atoms with Crippen molar-refractivity contribution >= 4 is 44.8 Å². The fourth-order valence-corrected chi connectivity index (χ4v) is 2.65. The molecule has 0 fully saturated rings. The molecule has 0 aromatic carbocycles. The minimum atomic E-state index is -0.0634. The molecule has 1 atom stereocenters. The smallest absolute Gasteiger partial charge is 0.262 e. The molecule has 0 aliphatic heterocycles. The summed E-state index contributed by atoms with van der Waals surface area (Å²) < 4.78 is 0. The number of rotatable bonds is 6. The van der Waals surface area contributed by atoms with Crippen molar-refractivity contribution in [2.75, 3.05) is 11.9 Å². The normalized spacial score (nSPS) is 12.4. The van der Waals surface area contributed by atoms with Gasteiger partial charge in [0.25, 0.3) is 5.91 Å². The first kappa shape index (κ1) is 14.0. The predicted molar refractivity (Wildman–Crippen MR) is 73.9 cm³/mol. The van der Waals surface area contributed by atoms with Crippen LogP contribution in [0.2, 0.25) is 5.02 Å². The zero-order valence-corrected chi connectivity index (χ0v) is 12.3. The number of carbonyl (C=O) groups excluding carboxylic acids is 1. The number of thiophene rings is 1. The zero-order chi connectivity index (χ0) is 12.0. The van der Waals surface area contributed by atoms with Crippen molar-refractivity contribution in [2.45, 2.75) is 19.8 Å². The zero-order valence-electron chi connectivity index (χ0n) is 9.13. The molecule has 16 heavy (non-hydrogen) atoms. The van der Waals surface area contributed by atoms with Gasteiger partial charge >= 0.3 is 0 Å². The van der Waals surface area contributed by atoms with E-state index in [1.54, 1.807) is 6.07 Å². The molecule has 1 amide bonds. The lowest BCUT2D eigenvalue weighted by atomic mass is 10.1. The van der Waals surface area contributed by atoms with Crippen LogP contribution in [-0.4, -0.2) is 17.8 Å². The van der Waals surface area contributed by atoms with Gasteiger partial charge in [-0.25, -0.2) is 0 Å². The third kappa shape index (κ3) is 4.44. The van der Waals surface area contributed by atoms with E-state index in [9.17, 15) is 4.79 Å². The van der Waals surface area contributed by atoms with Crippen molar-refractivity contribution < 1.29 is 4.79 Å². The summed E-state index contributed by atoms with van der Waals surface area (Å²) in [6, 6.07) is 1.74. The Kier molecular flexibility index (Phi) is 6.39. The molecule has 0 bridgehead atoms. The molecule has 1 heterocycles. The van der Waals surface area contributed by atoms with Crippen molar-refractivity contribution in [2.24, 2.45) is 5.92 Å². The van der Waals surface area contributed by atoms with Gasteiger partial charge in [-0.15, -0.1) is 11.3 Å². The van der Waals surface area contributed by atoms with E-state index >= 15 is 0 Å². The van der Waals surface area contributed by atoms with Crippen molar-refractivity contribution in [3.8, 4) is 0 Å². The average Bonchev–Trinajstić information content (AvgIpc) is 2.70. The number of carbonyl (C=O) groups is 1. The van der Waals surface area contributed by atoms with E-state index < -0.39 is 0 Å². The van der Waals surface area contributed by atoms with Crippen LogP contribution in [0, 0.1) is 5.92 Å². The second-order valence-corrected chi connectivity index (χ2v) is 5.73. The van der Waals surface area contributed by atoms with Gasteiger partial charge < -0.3 is 5.32 Å². The summed E-state index contributed by atoms with van der Waals surface area (Å²) in [5.74, 6) is 0.591. The number of alkyl halides is 1. The molecule has 0 aliphatic rings. The van der Waals surface area contributed by atoms with Crippen LogP contribution in [0.5, 0.6) is 0 Å². The van der Waals surface area contributed by atoms with Gasteiger partial charge in [-0.1, -0.05) is 34.5 Å². The Morgan fingerprint density at radius 1 is 1.69 bits per heavy atom. The van der Waals surface area contributed by atoms with E-state index in [-0.39, 0.29) is 5.91 Å². The van der Waals surface area contributed by atoms with Gasteiger partial charge in [-0.3, -0.25) is 4.79 Å². The van der Waals surface area contributed by atoms with Gasteiger partial charge in [0.2, 0.25) is 0 Å². The maximum Gasteiger partial charge on any atom is 0.262 e. The number of amides is 1. The van der Waals surface area contributed by atoms with Gasteiger partial charge in [-0.2, -0.15) is 0 Å². The van der Waals surface area contributed by atoms with Crippen molar-refractivity contribution in [1.82, 2.24) is 5.32 Å². The Hall–Kier alpha value is -0.0600. The molecular weight excluding hydrogens is 310 g/mol. The Morgan fingerprint density at radius 2 is 2.44 bits per heavy atom. The number of nitrogens with one attached hydrogen (secondary N) is 1. The number of halogens is 2. The monoisotopic (exact) mass is 323 g/mol. The van der Waals surface area contributed by atoms with Crippen LogP contribution in [0.15, 0.2) is 11.4 Å². The Balaban J connectivity index is 2.24. The van der Waals surface area contributed by atoms with Crippen LogP contribution in [0.25, 0.3) is 0 Å². The lowest BCUT2D eigenvalue weighted by molar-refractivity contribution is 0.0957. The lowest BCUT2D eigenvalue weighted by Gasteiger charge is -2.07. The molecule has 0 aliphatic carbocycles. The van der Waals surface area contributed by atoms with Crippen molar-refractivity contribution in [3.05, 3.63) is 21.3 Å². The number of hydrogen-bond donors (Lipinski definition) is 1. The summed E-state index contributed by atoms with van der Waals surface area (Å²) in [6.45, 7) is 2.90. The molecule has 2 nitrogen and oxygen atoms in total. The van der Waals surface area contributed by atoms with Crippen LogP contribution in [-0.2, 0) is 0 Å². The molecule has 1 aromatic heterocycles. The highest BCUT2D eigenvalue weighted by Gasteiger charge is 2.10. The molecule has 0 saturated heterocycles. The summed E-state index contributed by atoms with van der Waals surface area (Å²) >= 11 is 10.7. The topological polar surface area (TPSA) is 29.1 Å². The van der Waals surface area contributed by atoms with E-state index in [0.29, 0.717) is 22.4 Å². The standard InChI is InChI=1S/C11H15BrClNOS/c1-8(7-12)3-2-5-14-11(15)10-9(13)4-6-16-10/h4,6,8H,2-3,5,7H2,1H3,(H,14,15). The quantitative estimate of drug-likeness (QED) is 0.623. The Labute approximate surface area is 114 Å². The molecule has 1 aromatic rings. The van der Waals surface area contributed by atoms with Gasteiger partial charge in [-0.05, 0) is 30.2 Å². The van der Waals surface area contributed by atoms with E-state index in [1.807, 2.05) is 5.38 Å².